The van der Waals surface area contributed by atoms with Crippen molar-refractivity contribution in [3.05, 3.63) is 29.2 Å². The summed E-state index contributed by atoms with van der Waals surface area (Å²) in [6, 6.07) is 3.98. The van der Waals surface area contributed by atoms with Crippen molar-refractivity contribution in [2.45, 2.75) is 78.6 Å². The Morgan fingerprint density at radius 2 is 1.89 bits per heavy atom. The molecule has 1 aromatic heterocycles. The molecule has 4 saturated carbocycles. The molecule has 27 heavy (non-hydrogen) atoms. The van der Waals surface area contributed by atoms with Crippen molar-refractivity contribution in [3.8, 4) is 0 Å². The monoisotopic (exact) mass is 366 g/mol. The normalized spacial score (nSPS) is 45.4. The second-order valence-corrected chi connectivity index (χ2v) is 10.5. The average Bonchev–Trinajstić information content (AvgIpc) is 3.16. The molecule has 0 aliphatic heterocycles. The number of fused-ring (bicyclic) bond motifs is 5. The molecule has 0 amide bonds. The van der Waals surface area contributed by atoms with E-state index in [1.165, 1.54) is 44.9 Å². The van der Waals surface area contributed by atoms with Crippen LogP contribution in [-0.2, 0) is 4.79 Å². The van der Waals surface area contributed by atoms with E-state index in [4.69, 9.17) is 4.42 Å². The van der Waals surface area contributed by atoms with Crippen LogP contribution in [0.1, 0.15) is 83.2 Å². The molecular formula is C25H34O2. The number of aryl methyl sites for hydroxylation is 1. The molecule has 6 atom stereocenters. The highest BCUT2D eigenvalue weighted by Gasteiger charge is 2.60. The van der Waals surface area contributed by atoms with Gasteiger partial charge in [0, 0.05) is 5.41 Å². The molecule has 0 spiro atoms. The van der Waals surface area contributed by atoms with Gasteiger partial charge in [-0.2, -0.15) is 0 Å². The number of hydrogen-bond acceptors (Lipinski definition) is 2. The summed E-state index contributed by atoms with van der Waals surface area (Å²) in [6.07, 6.45) is 13.8. The zero-order valence-electron chi connectivity index (χ0n) is 17.2. The van der Waals surface area contributed by atoms with E-state index in [-0.39, 0.29) is 5.41 Å². The molecule has 1 aromatic rings. The first kappa shape index (κ1) is 17.8. The van der Waals surface area contributed by atoms with E-state index in [2.05, 4.69) is 13.8 Å². The van der Waals surface area contributed by atoms with Crippen molar-refractivity contribution in [1.82, 2.24) is 0 Å². The fraction of sp³-hybridized carbons (Fsp3) is 0.720. The molecule has 0 aromatic carbocycles. The van der Waals surface area contributed by atoms with Crippen molar-refractivity contribution < 1.29 is 9.21 Å². The molecule has 4 aliphatic carbocycles. The Morgan fingerprint density at radius 1 is 1.04 bits per heavy atom. The van der Waals surface area contributed by atoms with Crippen LogP contribution < -0.4 is 0 Å². The van der Waals surface area contributed by atoms with Crippen molar-refractivity contribution in [1.29, 1.82) is 0 Å². The van der Waals surface area contributed by atoms with E-state index >= 15 is 0 Å². The summed E-state index contributed by atoms with van der Waals surface area (Å²) in [5, 5.41) is 0. The molecule has 0 bridgehead atoms. The third-order valence-electron chi connectivity index (χ3n) is 9.30. The first-order valence-electron chi connectivity index (χ1n) is 11.2. The van der Waals surface area contributed by atoms with Crippen molar-refractivity contribution in [2.24, 2.45) is 34.5 Å². The van der Waals surface area contributed by atoms with Crippen LogP contribution in [0.3, 0.4) is 0 Å². The van der Waals surface area contributed by atoms with Crippen LogP contribution >= 0.6 is 0 Å². The summed E-state index contributed by atoms with van der Waals surface area (Å²) in [5.41, 5.74) is 1.43. The number of carbonyl (C=O) groups excluding carboxylic acids is 1. The van der Waals surface area contributed by atoms with Crippen molar-refractivity contribution in [2.75, 3.05) is 0 Å². The predicted octanol–water partition coefficient (Wildman–Crippen LogP) is 6.58. The minimum atomic E-state index is -0.132. The van der Waals surface area contributed by atoms with E-state index in [0.717, 1.165) is 47.7 Å². The van der Waals surface area contributed by atoms with Gasteiger partial charge in [0.25, 0.3) is 0 Å². The molecule has 0 radical (unpaired) electrons. The van der Waals surface area contributed by atoms with Gasteiger partial charge in [-0.05, 0) is 105 Å². The second-order valence-electron chi connectivity index (χ2n) is 10.5. The largest absolute Gasteiger partial charge is 0.462 e. The first-order valence-corrected chi connectivity index (χ1v) is 11.2. The molecule has 2 heteroatoms. The Labute approximate surface area is 163 Å². The van der Waals surface area contributed by atoms with Gasteiger partial charge in [0.15, 0.2) is 5.78 Å². The van der Waals surface area contributed by atoms with Gasteiger partial charge in [0.05, 0.1) is 0 Å². The lowest BCUT2D eigenvalue weighted by Gasteiger charge is -2.59. The Hall–Kier alpha value is -1.31. The van der Waals surface area contributed by atoms with Gasteiger partial charge < -0.3 is 4.42 Å². The predicted molar refractivity (Wildman–Crippen MR) is 108 cm³/mol. The van der Waals surface area contributed by atoms with E-state index in [0.29, 0.717) is 17.1 Å². The lowest BCUT2D eigenvalue weighted by Crippen LogP contribution is -2.52. The smallest absolute Gasteiger partial charge is 0.165 e. The maximum Gasteiger partial charge on any atom is 0.165 e. The lowest BCUT2D eigenvalue weighted by atomic mass is 9.45. The van der Waals surface area contributed by atoms with Gasteiger partial charge in [-0.15, -0.1) is 0 Å². The zero-order chi connectivity index (χ0) is 18.8. The minimum Gasteiger partial charge on any atom is -0.462 e. The summed E-state index contributed by atoms with van der Waals surface area (Å²) in [6.45, 7) is 6.85. The Balaban J connectivity index is 1.46. The van der Waals surface area contributed by atoms with Crippen LogP contribution in [0.15, 0.2) is 22.1 Å². The van der Waals surface area contributed by atoms with E-state index in [9.17, 15) is 4.79 Å². The van der Waals surface area contributed by atoms with Crippen LogP contribution in [0.25, 0.3) is 6.08 Å². The molecule has 5 rings (SSSR count). The third-order valence-corrected chi connectivity index (χ3v) is 9.30. The van der Waals surface area contributed by atoms with Crippen LogP contribution in [0.4, 0.5) is 0 Å². The summed E-state index contributed by atoms with van der Waals surface area (Å²) >= 11 is 0. The minimum absolute atomic E-state index is 0.132. The van der Waals surface area contributed by atoms with Crippen LogP contribution in [0.5, 0.6) is 0 Å². The van der Waals surface area contributed by atoms with E-state index in [1.807, 2.05) is 25.1 Å². The van der Waals surface area contributed by atoms with Gasteiger partial charge in [-0.1, -0.05) is 26.7 Å². The summed E-state index contributed by atoms with van der Waals surface area (Å²) in [4.78, 5) is 13.4. The number of allylic oxidation sites excluding steroid dienone is 1. The fourth-order valence-corrected chi connectivity index (χ4v) is 7.80. The van der Waals surface area contributed by atoms with Gasteiger partial charge >= 0.3 is 0 Å². The number of Topliss-reactive ketones (excluding diaryl/α,β-unsaturated/α-hetero) is 1. The number of ketones is 1. The molecule has 0 N–H and O–H groups in total. The van der Waals surface area contributed by atoms with Gasteiger partial charge in [0.2, 0.25) is 0 Å². The summed E-state index contributed by atoms with van der Waals surface area (Å²) < 4.78 is 5.74. The summed E-state index contributed by atoms with van der Waals surface area (Å²) in [7, 11) is 0. The molecule has 146 valence electrons. The Bertz CT molecular complexity index is 786. The Morgan fingerprint density at radius 3 is 2.67 bits per heavy atom. The second kappa shape index (κ2) is 6.09. The number of rotatable bonds is 1. The van der Waals surface area contributed by atoms with Gasteiger partial charge in [0.1, 0.15) is 11.5 Å². The van der Waals surface area contributed by atoms with Crippen LogP contribution in [0, 0.1) is 41.4 Å². The maximum absolute atomic E-state index is 13.4. The van der Waals surface area contributed by atoms with E-state index in [1.54, 1.807) is 0 Å². The topological polar surface area (TPSA) is 30.2 Å². The molecule has 1 heterocycles. The third kappa shape index (κ3) is 2.54. The summed E-state index contributed by atoms with van der Waals surface area (Å²) in [5.74, 6) is 5.25. The van der Waals surface area contributed by atoms with Gasteiger partial charge in [-0.3, -0.25) is 4.79 Å². The van der Waals surface area contributed by atoms with Crippen molar-refractivity contribution in [3.63, 3.8) is 0 Å². The highest BCUT2D eigenvalue weighted by atomic mass is 16.3. The van der Waals surface area contributed by atoms with Crippen LogP contribution in [0.2, 0.25) is 0 Å². The van der Waals surface area contributed by atoms with Crippen LogP contribution in [-0.4, -0.2) is 5.78 Å². The Kier molecular flexibility index (Phi) is 4.01. The zero-order valence-corrected chi connectivity index (χ0v) is 17.2. The number of furan rings is 1. The first-order chi connectivity index (χ1) is 12.9. The average molecular weight is 367 g/mol. The standard InChI is InChI=1S/C25H34O2/c1-16-7-9-19(27-16)14-17-15-22-20-10-8-18-6-4-5-12-24(18,2)21(20)11-13-25(22,3)23(17)26/h7,9,14,18,20-22H,4-6,8,10-13,15H2,1-3H3/b17-14-/t18-,20-,21+,22-,24-,25-/m0/s1. The molecule has 4 fully saturated rings. The van der Waals surface area contributed by atoms with E-state index < -0.39 is 0 Å². The molecule has 2 nitrogen and oxygen atoms in total. The van der Waals surface area contributed by atoms with Gasteiger partial charge in [-0.25, -0.2) is 0 Å². The van der Waals surface area contributed by atoms with Crippen molar-refractivity contribution >= 4 is 11.9 Å². The number of hydrogen-bond donors (Lipinski definition) is 0. The maximum atomic E-state index is 13.4. The fourth-order valence-electron chi connectivity index (χ4n) is 7.80. The quantitative estimate of drug-likeness (QED) is 0.525. The highest BCUT2D eigenvalue weighted by Crippen LogP contribution is 2.66. The number of carbonyl (C=O) groups is 1. The molecule has 0 saturated heterocycles. The molecule has 0 unspecified atom stereocenters. The molecular weight excluding hydrogens is 332 g/mol. The SMILES string of the molecule is Cc1ccc(/C=C2/C[C@H]3[C@H]4CC[C@@H]5CCCC[C@]5(C)[C@@H]4CC[C@]3(C)C2=O)o1. The lowest BCUT2D eigenvalue weighted by molar-refractivity contribution is -0.137. The highest BCUT2D eigenvalue weighted by molar-refractivity contribution is 6.05. The molecule has 4 aliphatic rings.